The lowest BCUT2D eigenvalue weighted by molar-refractivity contribution is -0.133. The van der Waals surface area contributed by atoms with E-state index < -0.39 is 24.6 Å². The highest BCUT2D eigenvalue weighted by molar-refractivity contribution is 6.86. The lowest BCUT2D eigenvalue weighted by Crippen LogP contribution is -2.43. The number of halogens is 1. The van der Waals surface area contributed by atoms with Crippen LogP contribution in [0.3, 0.4) is 0 Å². The van der Waals surface area contributed by atoms with E-state index >= 15 is 4.32 Å². The number of ether oxygens (including phenoxy) is 2. The average Bonchev–Trinajstić information content (AvgIpc) is 3.91. The maximum atomic E-state index is 15.5. The third-order valence-corrected chi connectivity index (χ3v) is 10.6. The minimum Gasteiger partial charge on any atom is -0.488 e. The standard InChI is InChI=1S/C44H47BFN7O6/c1-5-17-52(40(55)23-48-39(54)7-3)25-38-49-34-16-14-28-20-33-31-15-13-29(19-30(31)26-59-36(33)21-32(28)42(34)51-38)35-22-47-37(50-35)24-53(18-6-2)43(56)41(45(46)44(57)58-4)27-11-9-8-10-12-27/h8-16,19-22,41H,5-7,17-18,23-26H2,1-4H3,(H,47,50)(H,48,54)(H,49,51)/t41-/m1/s1. The van der Waals surface area contributed by atoms with Crippen molar-refractivity contribution in [2.45, 2.75) is 65.5 Å². The number of aromatic amines is 2. The lowest BCUT2D eigenvalue weighted by atomic mass is 9.56. The Labute approximate surface area is 341 Å². The molecule has 0 aliphatic carbocycles. The lowest BCUT2D eigenvalue weighted by Gasteiger charge is -2.27. The summed E-state index contributed by atoms with van der Waals surface area (Å²) in [5, 5.41) is 4.59. The van der Waals surface area contributed by atoms with Crippen molar-refractivity contribution in [3.63, 3.8) is 0 Å². The van der Waals surface area contributed by atoms with Gasteiger partial charge in [-0.1, -0.05) is 69.3 Å². The van der Waals surface area contributed by atoms with E-state index in [1.807, 2.05) is 38.1 Å². The van der Waals surface area contributed by atoms with Crippen molar-refractivity contribution in [2.24, 2.45) is 0 Å². The van der Waals surface area contributed by atoms with Crippen LogP contribution < -0.4 is 10.1 Å². The van der Waals surface area contributed by atoms with Crippen molar-refractivity contribution in [3.05, 3.63) is 102 Å². The number of H-pyrrole nitrogens is 2. The smallest absolute Gasteiger partial charge is 0.488 e. The molecule has 2 aromatic heterocycles. The maximum absolute atomic E-state index is 15.5. The number of carbonyl (C=O) groups is 4. The molecule has 0 radical (unpaired) electrons. The van der Waals surface area contributed by atoms with Crippen LogP contribution in [0.15, 0.2) is 79.0 Å². The number of hydrogen-bond donors (Lipinski definition) is 3. The van der Waals surface area contributed by atoms with Crippen LogP contribution in [0.4, 0.5) is 9.11 Å². The van der Waals surface area contributed by atoms with Crippen molar-refractivity contribution in [3.8, 4) is 28.1 Å². The predicted molar refractivity (Wildman–Crippen MR) is 224 cm³/mol. The average molecular weight is 800 g/mol. The molecule has 13 nitrogen and oxygen atoms in total. The van der Waals surface area contributed by atoms with E-state index in [1.54, 1.807) is 48.4 Å². The van der Waals surface area contributed by atoms with Gasteiger partial charge in [0.25, 0.3) is 5.87 Å². The molecule has 59 heavy (non-hydrogen) atoms. The number of rotatable bonds is 16. The van der Waals surface area contributed by atoms with Gasteiger partial charge in [0.15, 0.2) is 0 Å². The van der Waals surface area contributed by atoms with Crippen LogP contribution in [0.25, 0.3) is 44.2 Å². The second-order valence-electron chi connectivity index (χ2n) is 14.6. The summed E-state index contributed by atoms with van der Waals surface area (Å²) in [4.78, 5) is 70.3. The van der Waals surface area contributed by atoms with Crippen LogP contribution in [0.5, 0.6) is 5.75 Å². The second kappa shape index (κ2) is 18.0. The number of carbonyl (C=O) groups excluding carboxylic acids is 4. The van der Waals surface area contributed by atoms with E-state index in [9.17, 15) is 19.2 Å². The highest BCUT2D eigenvalue weighted by Gasteiger charge is 2.44. The molecule has 0 unspecified atom stereocenters. The molecular formula is C44H47BFN7O6. The molecule has 1 atom stereocenters. The largest absolute Gasteiger partial charge is 0.489 e. The molecule has 0 saturated heterocycles. The third kappa shape index (κ3) is 8.69. The summed E-state index contributed by atoms with van der Waals surface area (Å²) in [6.45, 7) is 5.07. The predicted octanol–water partition coefficient (Wildman–Crippen LogP) is 7.30. The van der Waals surface area contributed by atoms with Gasteiger partial charge in [0, 0.05) is 30.5 Å². The number of benzene rings is 4. The van der Waals surface area contributed by atoms with Gasteiger partial charge in [0.05, 0.1) is 55.5 Å². The molecule has 7 rings (SSSR count). The Kier molecular flexibility index (Phi) is 12.4. The number of hydrogen-bond acceptors (Lipinski definition) is 8. The van der Waals surface area contributed by atoms with Gasteiger partial charge in [-0.2, -0.15) is 0 Å². The summed E-state index contributed by atoms with van der Waals surface area (Å²) in [6, 6.07) is 22.7. The van der Waals surface area contributed by atoms with Gasteiger partial charge in [-0.15, -0.1) is 0 Å². The minimum atomic E-state index is -2.17. The Morgan fingerprint density at radius 2 is 1.68 bits per heavy atom. The fraction of sp³-hybridized carbons (Fsp3) is 0.318. The molecule has 3 heterocycles. The fourth-order valence-electron chi connectivity index (χ4n) is 7.58. The van der Waals surface area contributed by atoms with Crippen molar-refractivity contribution >= 4 is 52.4 Å². The molecule has 304 valence electrons. The van der Waals surface area contributed by atoms with Crippen molar-refractivity contribution < 1.29 is 33.0 Å². The molecule has 1 aliphatic heterocycles. The quantitative estimate of drug-likeness (QED) is 0.0860. The van der Waals surface area contributed by atoms with Gasteiger partial charge in [0.2, 0.25) is 17.7 Å². The number of amides is 3. The summed E-state index contributed by atoms with van der Waals surface area (Å²) in [5.74, 6) is -1.40. The first-order valence-electron chi connectivity index (χ1n) is 20.0. The van der Waals surface area contributed by atoms with Crippen LogP contribution in [0.2, 0.25) is 0 Å². The highest BCUT2D eigenvalue weighted by atomic mass is 19.1. The van der Waals surface area contributed by atoms with E-state index in [2.05, 4.69) is 43.2 Å². The van der Waals surface area contributed by atoms with Crippen LogP contribution in [-0.2, 0) is 38.8 Å². The van der Waals surface area contributed by atoms with Crippen molar-refractivity contribution in [2.75, 3.05) is 26.7 Å². The summed E-state index contributed by atoms with van der Waals surface area (Å²) in [7, 11) is 1.10. The van der Waals surface area contributed by atoms with E-state index in [0.717, 1.165) is 69.0 Å². The SMILES string of the molecule is CCCN(Cc1nc2c(ccc3cc4c(cc32)OCc2cc(-c3cnc(CN(CCC)C(=O)[C@H](B(F)C(=O)OC)c5ccccc5)[nH]3)ccc2-4)[nH]1)C(=O)CNC(=O)CC. The zero-order valence-corrected chi connectivity index (χ0v) is 33.6. The zero-order valence-electron chi connectivity index (χ0n) is 33.6. The van der Waals surface area contributed by atoms with Gasteiger partial charge in [0.1, 0.15) is 24.0 Å². The number of nitrogens with zero attached hydrogens (tertiary/aromatic N) is 4. The number of nitrogens with one attached hydrogen (secondary N) is 3. The second-order valence-corrected chi connectivity index (χ2v) is 14.6. The molecule has 4 aromatic carbocycles. The molecule has 15 heteroatoms. The van der Waals surface area contributed by atoms with Crippen LogP contribution in [0, 0.1) is 0 Å². The Bertz CT molecular complexity index is 2510. The van der Waals surface area contributed by atoms with E-state index in [-0.39, 0.29) is 24.9 Å². The highest BCUT2D eigenvalue weighted by Crippen LogP contribution is 2.42. The van der Waals surface area contributed by atoms with Gasteiger partial charge in [-0.25, -0.2) is 9.97 Å². The molecular weight excluding hydrogens is 752 g/mol. The van der Waals surface area contributed by atoms with E-state index in [1.165, 1.54) is 4.90 Å². The molecule has 3 N–H and O–H groups in total. The first-order valence-corrected chi connectivity index (χ1v) is 20.0. The number of aromatic nitrogens is 4. The summed E-state index contributed by atoms with van der Waals surface area (Å²) < 4.78 is 26.5. The zero-order chi connectivity index (χ0) is 41.6. The monoisotopic (exact) mass is 799 g/mol. The Morgan fingerprint density at radius 3 is 2.42 bits per heavy atom. The molecule has 0 saturated carbocycles. The molecule has 0 fully saturated rings. The van der Waals surface area contributed by atoms with Crippen LogP contribution in [0.1, 0.15) is 68.6 Å². The first kappa shape index (κ1) is 40.7. The van der Waals surface area contributed by atoms with Crippen molar-refractivity contribution in [1.29, 1.82) is 0 Å². The maximum Gasteiger partial charge on any atom is 0.489 e. The van der Waals surface area contributed by atoms with E-state index in [0.29, 0.717) is 56.3 Å². The summed E-state index contributed by atoms with van der Waals surface area (Å²) in [6.07, 6.45) is 3.42. The molecule has 0 spiro atoms. The summed E-state index contributed by atoms with van der Waals surface area (Å²) in [5.41, 5.74) is 6.65. The molecule has 1 aliphatic rings. The normalized spacial score (nSPS) is 12.3. The third-order valence-electron chi connectivity index (χ3n) is 10.6. The van der Waals surface area contributed by atoms with Gasteiger partial charge in [-0.3, -0.25) is 19.2 Å². The fourth-order valence-corrected chi connectivity index (χ4v) is 7.58. The molecule has 0 bridgehead atoms. The number of imidazole rings is 2. The minimum absolute atomic E-state index is 0.0507. The Morgan fingerprint density at radius 1 is 0.915 bits per heavy atom. The van der Waals surface area contributed by atoms with Gasteiger partial charge < -0.3 is 38.9 Å². The van der Waals surface area contributed by atoms with Crippen molar-refractivity contribution in [1.82, 2.24) is 35.1 Å². The van der Waals surface area contributed by atoms with Crippen LogP contribution >= 0.6 is 0 Å². The number of fused-ring (bicyclic) bond motifs is 6. The number of methoxy groups -OCH3 is 1. The van der Waals surface area contributed by atoms with Gasteiger partial charge in [-0.05, 0) is 64.7 Å². The summed E-state index contributed by atoms with van der Waals surface area (Å²) >= 11 is 0. The van der Waals surface area contributed by atoms with E-state index in [4.69, 9.17) is 9.72 Å². The molecule has 6 aromatic rings. The Hall–Kier alpha value is -6.51. The first-order chi connectivity index (χ1) is 28.6. The van der Waals surface area contributed by atoms with Crippen LogP contribution in [-0.4, -0.2) is 87.1 Å². The Balaban J connectivity index is 1.10. The topological polar surface area (TPSA) is 163 Å². The molecule has 3 amide bonds. The van der Waals surface area contributed by atoms with Gasteiger partial charge >= 0.3 is 6.99 Å².